The Morgan fingerprint density at radius 2 is 2.03 bits per heavy atom. The number of carbonyl (C=O) groups excluding carboxylic acids is 1. The zero-order valence-electron chi connectivity index (χ0n) is 16.7. The predicted molar refractivity (Wildman–Crippen MR) is 119 cm³/mol. The third kappa shape index (κ3) is 4.61. The number of thioether (sulfide) groups is 1. The van der Waals surface area contributed by atoms with Crippen LogP contribution in [0.25, 0.3) is 5.65 Å². The van der Waals surface area contributed by atoms with E-state index < -0.39 is 22.0 Å². The molecule has 1 atom stereocenters. The zero-order valence-corrected chi connectivity index (χ0v) is 19.1. The van der Waals surface area contributed by atoms with Crippen LogP contribution in [0.4, 0.5) is 0 Å². The summed E-state index contributed by atoms with van der Waals surface area (Å²) in [7, 11) is -0.841. The Labute approximate surface area is 184 Å². The molecule has 2 heterocycles. The first-order chi connectivity index (χ1) is 14.3. The van der Waals surface area contributed by atoms with Gasteiger partial charge >= 0.3 is 0 Å². The number of rotatable bonds is 8. The lowest BCUT2D eigenvalue weighted by atomic mass is 10.1. The highest BCUT2D eigenvalue weighted by atomic mass is 35.5. The van der Waals surface area contributed by atoms with Crippen molar-refractivity contribution in [2.24, 2.45) is 0 Å². The monoisotopic (exact) mass is 467 g/mol. The summed E-state index contributed by atoms with van der Waals surface area (Å²) in [6.45, 7) is 0. The summed E-state index contributed by atoms with van der Waals surface area (Å²) >= 11 is 7.87. The number of hydrogen-bond donors (Lipinski definition) is 1. The molecular weight excluding hydrogens is 446 g/mol. The Bertz CT molecular complexity index is 1160. The van der Waals surface area contributed by atoms with Crippen molar-refractivity contribution in [1.82, 2.24) is 24.2 Å². The summed E-state index contributed by atoms with van der Waals surface area (Å²) in [6, 6.07) is 9.21. The molecule has 11 heteroatoms. The maximum atomic E-state index is 13.1. The van der Waals surface area contributed by atoms with Crippen LogP contribution in [-0.4, -0.2) is 59.3 Å². The standard InChI is InChI=1S/C19H22ClN5O3S2/c1-24(2)30(27,28)13-7-8-15(20)14(12-13)19(26)21-16(9-11-29-3)18-23-22-17-6-4-5-10-25(17)18/h4-8,10,12,16H,9,11H2,1-3H3,(H,21,26). The average Bonchev–Trinajstić information content (AvgIpc) is 3.15. The van der Waals surface area contributed by atoms with Gasteiger partial charge in [0.25, 0.3) is 5.91 Å². The number of hydrogen-bond acceptors (Lipinski definition) is 6. The third-order valence-electron chi connectivity index (χ3n) is 4.53. The number of sulfonamides is 1. The van der Waals surface area contributed by atoms with Crippen LogP contribution in [0, 0.1) is 0 Å². The van der Waals surface area contributed by atoms with Gasteiger partial charge in [0.1, 0.15) is 0 Å². The van der Waals surface area contributed by atoms with E-state index in [2.05, 4.69) is 15.5 Å². The first kappa shape index (κ1) is 22.5. The minimum absolute atomic E-state index is 0.00404. The van der Waals surface area contributed by atoms with Gasteiger partial charge in [-0.2, -0.15) is 11.8 Å². The largest absolute Gasteiger partial charge is 0.342 e. The number of fused-ring (bicyclic) bond motifs is 1. The summed E-state index contributed by atoms with van der Waals surface area (Å²) < 4.78 is 27.8. The topological polar surface area (TPSA) is 96.7 Å². The van der Waals surface area contributed by atoms with Crippen molar-refractivity contribution in [1.29, 1.82) is 0 Å². The van der Waals surface area contributed by atoms with Crippen molar-refractivity contribution >= 4 is 44.9 Å². The van der Waals surface area contributed by atoms with Crippen LogP contribution in [-0.2, 0) is 10.0 Å². The van der Waals surface area contributed by atoms with Crippen molar-refractivity contribution in [3.8, 4) is 0 Å². The molecule has 160 valence electrons. The van der Waals surface area contributed by atoms with Gasteiger partial charge in [-0.25, -0.2) is 12.7 Å². The number of amides is 1. The molecule has 3 rings (SSSR count). The minimum atomic E-state index is -3.70. The van der Waals surface area contributed by atoms with Crippen LogP contribution in [0.3, 0.4) is 0 Å². The number of nitrogens with zero attached hydrogens (tertiary/aromatic N) is 4. The second kappa shape index (κ2) is 9.34. The third-order valence-corrected chi connectivity index (χ3v) is 7.31. The Morgan fingerprint density at radius 1 is 1.27 bits per heavy atom. The molecule has 1 aromatic carbocycles. The lowest BCUT2D eigenvalue weighted by molar-refractivity contribution is 0.0933. The fraction of sp³-hybridized carbons (Fsp3) is 0.316. The molecule has 0 aliphatic rings. The number of carbonyl (C=O) groups is 1. The van der Waals surface area contributed by atoms with Crippen LogP contribution in [0.5, 0.6) is 0 Å². The van der Waals surface area contributed by atoms with Gasteiger partial charge in [-0.15, -0.1) is 10.2 Å². The van der Waals surface area contributed by atoms with E-state index in [9.17, 15) is 13.2 Å². The van der Waals surface area contributed by atoms with Crippen molar-refractivity contribution in [3.05, 3.63) is 59.0 Å². The van der Waals surface area contributed by atoms with Crippen molar-refractivity contribution in [2.75, 3.05) is 26.1 Å². The van der Waals surface area contributed by atoms with E-state index in [1.54, 1.807) is 11.8 Å². The summed E-state index contributed by atoms with van der Waals surface area (Å²) in [5, 5.41) is 11.5. The number of benzene rings is 1. The van der Waals surface area contributed by atoms with Gasteiger partial charge in [-0.05, 0) is 48.8 Å². The SMILES string of the molecule is CSCCC(NC(=O)c1cc(S(=O)(=O)N(C)C)ccc1Cl)c1nnc2ccccn12. The van der Waals surface area contributed by atoms with Crippen LogP contribution in [0.15, 0.2) is 47.5 Å². The molecular formula is C19H22ClN5O3S2. The summed E-state index contributed by atoms with van der Waals surface area (Å²) in [6.07, 6.45) is 4.43. The van der Waals surface area contributed by atoms with E-state index in [0.717, 1.165) is 10.1 Å². The van der Waals surface area contributed by atoms with E-state index >= 15 is 0 Å². The molecule has 0 fully saturated rings. The molecule has 0 bridgehead atoms. The second-order valence-electron chi connectivity index (χ2n) is 6.72. The number of pyridine rings is 1. The molecule has 0 aliphatic heterocycles. The van der Waals surface area contributed by atoms with Gasteiger partial charge in [-0.1, -0.05) is 17.7 Å². The normalized spacial score (nSPS) is 13.0. The number of aromatic nitrogens is 3. The molecule has 3 aromatic rings. The maximum absolute atomic E-state index is 13.1. The Balaban J connectivity index is 1.95. The van der Waals surface area contributed by atoms with Crippen LogP contribution < -0.4 is 5.32 Å². The zero-order chi connectivity index (χ0) is 21.9. The van der Waals surface area contributed by atoms with Gasteiger partial charge in [0, 0.05) is 20.3 Å². The maximum Gasteiger partial charge on any atom is 0.253 e. The highest BCUT2D eigenvalue weighted by Crippen LogP contribution is 2.24. The average molecular weight is 468 g/mol. The lowest BCUT2D eigenvalue weighted by Crippen LogP contribution is -2.31. The van der Waals surface area contributed by atoms with E-state index in [0.29, 0.717) is 17.9 Å². The van der Waals surface area contributed by atoms with Crippen molar-refractivity contribution in [2.45, 2.75) is 17.4 Å². The highest BCUT2D eigenvalue weighted by molar-refractivity contribution is 7.98. The van der Waals surface area contributed by atoms with Crippen LogP contribution in [0.1, 0.15) is 28.6 Å². The first-order valence-corrected chi connectivity index (χ1v) is 12.3. The van der Waals surface area contributed by atoms with Crippen molar-refractivity contribution in [3.63, 3.8) is 0 Å². The fourth-order valence-electron chi connectivity index (χ4n) is 2.88. The van der Waals surface area contributed by atoms with Gasteiger partial charge in [0.05, 0.1) is 21.5 Å². The molecule has 0 saturated heterocycles. The molecule has 1 unspecified atom stereocenters. The molecule has 30 heavy (non-hydrogen) atoms. The van der Waals surface area contributed by atoms with Gasteiger partial charge < -0.3 is 5.32 Å². The van der Waals surface area contributed by atoms with E-state index in [1.165, 1.54) is 32.3 Å². The lowest BCUT2D eigenvalue weighted by Gasteiger charge is -2.18. The van der Waals surface area contributed by atoms with E-state index in [1.807, 2.05) is 35.1 Å². The quantitative estimate of drug-likeness (QED) is 0.547. The van der Waals surface area contributed by atoms with Crippen LogP contribution >= 0.6 is 23.4 Å². The van der Waals surface area contributed by atoms with Gasteiger partial charge in [0.2, 0.25) is 10.0 Å². The second-order valence-corrected chi connectivity index (χ2v) is 10.3. The highest BCUT2D eigenvalue weighted by Gasteiger charge is 2.24. The van der Waals surface area contributed by atoms with Gasteiger partial charge in [-0.3, -0.25) is 9.20 Å². The fourth-order valence-corrected chi connectivity index (χ4v) is 4.49. The Morgan fingerprint density at radius 3 is 2.73 bits per heavy atom. The summed E-state index contributed by atoms with van der Waals surface area (Å²) in [4.78, 5) is 13.0. The molecule has 0 saturated carbocycles. The molecule has 2 aromatic heterocycles. The van der Waals surface area contributed by atoms with Crippen molar-refractivity contribution < 1.29 is 13.2 Å². The number of halogens is 1. The summed E-state index contributed by atoms with van der Waals surface area (Å²) in [5.41, 5.74) is 0.760. The summed E-state index contributed by atoms with van der Waals surface area (Å²) in [5.74, 6) is 0.908. The number of nitrogens with one attached hydrogen (secondary N) is 1. The minimum Gasteiger partial charge on any atom is -0.342 e. The molecule has 1 amide bonds. The molecule has 0 radical (unpaired) electrons. The Kier molecular flexibility index (Phi) is 7.02. The molecule has 0 spiro atoms. The molecule has 0 aliphatic carbocycles. The smallest absolute Gasteiger partial charge is 0.253 e. The molecule has 1 N–H and O–H groups in total. The predicted octanol–water partition coefficient (Wildman–Crippen LogP) is 2.86. The molecule has 8 nitrogen and oxygen atoms in total. The van der Waals surface area contributed by atoms with Crippen LogP contribution in [0.2, 0.25) is 5.02 Å². The van der Waals surface area contributed by atoms with E-state index in [-0.39, 0.29) is 15.5 Å². The first-order valence-electron chi connectivity index (χ1n) is 9.07. The van der Waals surface area contributed by atoms with Gasteiger partial charge in [0.15, 0.2) is 11.5 Å². The Hall–Kier alpha value is -2.14. The van der Waals surface area contributed by atoms with E-state index in [4.69, 9.17) is 11.6 Å².